The van der Waals surface area contributed by atoms with Gasteiger partial charge in [0, 0.05) is 42.7 Å². The number of rotatable bonds is 8. The van der Waals surface area contributed by atoms with Gasteiger partial charge in [0.2, 0.25) is 0 Å². The molecule has 3 aromatic rings. The van der Waals surface area contributed by atoms with E-state index in [1.54, 1.807) is 12.1 Å². The molecule has 0 saturated heterocycles. The first-order valence-electron chi connectivity index (χ1n) is 8.76. The molecule has 0 spiro atoms. The number of urea groups is 1. The first-order chi connectivity index (χ1) is 13.9. The summed E-state index contributed by atoms with van der Waals surface area (Å²) < 4.78 is 6.29. The number of carbonyl (C=O) groups is 2. The molecule has 0 saturated carbocycles. The molecule has 7 nitrogen and oxygen atoms in total. The van der Waals surface area contributed by atoms with Crippen molar-refractivity contribution in [2.75, 3.05) is 11.9 Å². The maximum Gasteiger partial charge on any atom is 0.319 e. The third-order valence-electron chi connectivity index (χ3n) is 4.14. The summed E-state index contributed by atoms with van der Waals surface area (Å²) in [5.41, 5.74) is 7.91. The summed E-state index contributed by atoms with van der Waals surface area (Å²) in [5, 5.41) is 6.96. The molecule has 3 rings (SSSR count). The normalized spacial score (nSPS) is 10.7. The summed E-state index contributed by atoms with van der Waals surface area (Å²) in [5.74, 6) is -0.0276. The number of aromatic nitrogens is 2. The van der Waals surface area contributed by atoms with Gasteiger partial charge in [-0.05, 0) is 41.4 Å². The first kappa shape index (κ1) is 21.2. The molecular formula is C19H20ClN5O2S2. The number of benzene rings is 1. The van der Waals surface area contributed by atoms with Crippen LogP contribution in [0.1, 0.15) is 21.6 Å². The van der Waals surface area contributed by atoms with Crippen molar-refractivity contribution in [3.63, 3.8) is 0 Å². The van der Waals surface area contributed by atoms with Crippen LogP contribution in [0.15, 0.2) is 47.6 Å². The van der Waals surface area contributed by atoms with E-state index in [1.807, 2.05) is 42.1 Å². The third kappa shape index (κ3) is 5.75. The van der Waals surface area contributed by atoms with Gasteiger partial charge in [-0.1, -0.05) is 35.5 Å². The van der Waals surface area contributed by atoms with Gasteiger partial charge in [0.15, 0.2) is 0 Å². The fraction of sp³-hybridized carbons (Fsp3) is 0.211. The third-order valence-corrected chi connectivity index (χ3v) is 6.32. The Morgan fingerprint density at radius 2 is 2.03 bits per heavy atom. The lowest BCUT2D eigenvalue weighted by atomic mass is 10.2. The summed E-state index contributed by atoms with van der Waals surface area (Å²) in [6, 6.07) is 11.0. The number of halogens is 1. The largest absolute Gasteiger partial charge is 0.365 e. The monoisotopic (exact) mass is 449 g/mol. The van der Waals surface area contributed by atoms with Crippen molar-refractivity contribution >= 4 is 51.8 Å². The number of thioether (sulfide) groups is 1. The molecule has 0 aliphatic carbocycles. The topological polar surface area (TPSA) is 102 Å². The van der Waals surface area contributed by atoms with Crippen molar-refractivity contribution in [1.82, 2.24) is 14.3 Å². The highest BCUT2D eigenvalue weighted by atomic mass is 35.5. The van der Waals surface area contributed by atoms with Gasteiger partial charge >= 0.3 is 6.03 Å². The van der Waals surface area contributed by atoms with Crippen LogP contribution >= 0.6 is 34.9 Å². The van der Waals surface area contributed by atoms with Gasteiger partial charge in [0.25, 0.3) is 5.91 Å². The van der Waals surface area contributed by atoms with E-state index in [0.717, 1.165) is 22.8 Å². The number of hydrogen-bond acceptors (Lipinski definition) is 5. The molecule has 152 valence electrons. The molecule has 0 bridgehead atoms. The fourth-order valence-electron chi connectivity index (χ4n) is 2.62. The number of amides is 3. The lowest BCUT2D eigenvalue weighted by molar-refractivity contribution is 0.0998. The van der Waals surface area contributed by atoms with Crippen molar-refractivity contribution in [2.24, 2.45) is 12.8 Å². The van der Waals surface area contributed by atoms with Gasteiger partial charge in [-0.25, -0.2) is 4.79 Å². The van der Waals surface area contributed by atoms with Crippen LogP contribution in [0.25, 0.3) is 0 Å². The maximum absolute atomic E-state index is 12.2. The Bertz CT molecular complexity index is 1000. The van der Waals surface area contributed by atoms with Gasteiger partial charge in [0.1, 0.15) is 15.6 Å². The number of carbonyl (C=O) groups excluding carboxylic acids is 2. The highest BCUT2D eigenvalue weighted by Crippen LogP contribution is 2.33. The van der Waals surface area contributed by atoms with Gasteiger partial charge < -0.3 is 15.6 Å². The summed E-state index contributed by atoms with van der Waals surface area (Å²) in [7, 11) is 1.95. The number of nitrogens with zero attached hydrogens (tertiary/aromatic N) is 2. The van der Waals surface area contributed by atoms with Gasteiger partial charge in [-0.3, -0.25) is 10.1 Å². The molecule has 29 heavy (non-hydrogen) atoms. The number of nitrogens with one attached hydrogen (secondary N) is 2. The Kier molecular flexibility index (Phi) is 7.18. The van der Waals surface area contributed by atoms with Crippen LogP contribution < -0.4 is 16.4 Å². The van der Waals surface area contributed by atoms with Crippen LogP contribution in [-0.4, -0.2) is 27.4 Å². The summed E-state index contributed by atoms with van der Waals surface area (Å²) in [6.45, 7) is 0.465. The van der Waals surface area contributed by atoms with E-state index in [9.17, 15) is 9.59 Å². The minimum absolute atomic E-state index is 0.228. The Morgan fingerprint density at radius 1 is 1.28 bits per heavy atom. The molecule has 0 aliphatic heterocycles. The number of aryl methyl sites for hydroxylation is 1. The van der Waals surface area contributed by atoms with Crippen molar-refractivity contribution in [3.8, 4) is 0 Å². The Hall–Kier alpha value is -2.49. The van der Waals surface area contributed by atoms with E-state index in [2.05, 4.69) is 15.0 Å². The highest BCUT2D eigenvalue weighted by Gasteiger charge is 2.21. The van der Waals surface area contributed by atoms with E-state index in [0.29, 0.717) is 33.8 Å². The van der Waals surface area contributed by atoms with E-state index in [4.69, 9.17) is 17.3 Å². The van der Waals surface area contributed by atoms with E-state index in [1.165, 1.54) is 11.8 Å². The summed E-state index contributed by atoms with van der Waals surface area (Å²) in [4.78, 5) is 24.1. The Labute approximate surface area is 181 Å². The number of hydrogen-bond donors (Lipinski definition) is 3. The van der Waals surface area contributed by atoms with Crippen LogP contribution in [0.2, 0.25) is 5.02 Å². The molecule has 1 aromatic carbocycles. The minimum Gasteiger partial charge on any atom is -0.365 e. The molecule has 0 aliphatic rings. The average molecular weight is 450 g/mol. The smallest absolute Gasteiger partial charge is 0.319 e. The van der Waals surface area contributed by atoms with Crippen molar-refractivity contribution in [1.29, 1.82) is 0 Å². The standard InChI is InChI=1S/C19H20ClN5O2S2/c1-25-10-2-3-14(25)8-9-22-19(27)23-17-15(16(21)26)18(24-29-17)28-11-12-4-6-13(20)7-5-12/h2-7,10H,8-9,11H2,1H3,(H2,21,26)(H2,22,23,27). The van der Waals surface area contributed by atoms with Crippen LogP contribution in [0.4, 0.5) is 9.80 Å². The second-order valence-corrected chi connectivity index (χ2v) is 8.39. The average Bonchev–Trinajstić information content (AvgIpc) is 3.27. The Balaban J connectivity index is 1.58. The summed E-state index contributed by atoms with van der Waals surface area (Å²) >= 11 is 8.31. The lowest BCUT2D eigenvalue weighted by Gasteiger charge is -2.08. The number of primary amides is 1. The van der Waals surface area contributed by atoms with Crippen LogP contribution in [-0.2, 0) is 19.2 Å². The molecule has 4 N–H and O–H groups in total. The fourth-order valence-corrected chi connectivity index (χ4v) is 4.66. The van der Waals surface area contributed by atoms with E-state index < -0.39 is 11.9 Å². The molecule has 0 unspecified atom stereocenters. The maximum atomic E-state index is 12.2. The first-order valence-corrected chi connectivity index (χ1v) is 10.9. The molecule has 3 amide bonds. The van der Waals surface area contributed by atoms with Crippen LogP contribution in [0, 0.1) is 0 Å². The van der Waals surface area contributed by atoms with Crippen LogP contribution in [0.5, 0.6) is 0 Å². The second kappa shape index (κ2) is 9.82. The van der Waals surface area contributed by atoms with Crippen molar-refractivity contribution < 1.29 is 9.59 Å². The molecule has 0 radical (unpaired) electrons. The molecule has 0 atom stereocenters. The van der Waals surface area contributed by atoms with Gasteiger partial charge in [-0.15, -0.1) is 0 Å². The second-order valence-electron chi connectivity index (χ2n) is 6.21. The van der Waals surface area contributed by atoms with E-state index >= 15 is 0 Å². The van der Waals surface area contributed by atoms with Crippen molar-refractivity contribution in [3.05, 3.63) is 64.4 Å². The number of nitrogens with two attached hydrogens (primary N) is 1. The summed E-state index contributed by atoms with van der Waals surface area (Å²) in [6.07, 6.45) is 2.65. The Morgan fingerprint density at radius 3 is 2.69 bits per heavy atom. The SMILES string of the molecule is Cn1cccc1CCNC(=O)Nc1snc(SCc2ccc(Cl)cc2)c1C(N)=O. The molecule has 10 heteroatoms. The van der Waals surface area contributed by atoms with Gasteiger partial charge in [0.05, 0.1) is 0 Å². The molecule has 0 fully saturated rings. The quantitative estimate of drug-likeness (QED) is 0.454. The minimum atomic E-state index is -0.628. The van der Waals surface area contributed by atoms with Gasteiger partial charge in [-0.2, -0.15) is 4.37 Å². The molecule has 2 aromatic heterocycles. The molecule has 2 heterocycles. The zero-order valence-electron chi connectivity index (χ0n) is 15.6. The van der Waals surface area contributed by atoms with Crippen LogP contribution in [0.3, 0.4) is 0 Å². The zero-order chi connectivity index (χ0) is 20.8. The predicted molar refractivity (Wildman–Crippen MR) is 118 cm³/mol. The zero-order valence-corrected chi connectivity index (χ0v) is 18.0. The van der Waals surface area contributed by atoms with E-state index in [-0.39, 0.29) is 5.56 Å². The van der Waals surface area contributed by atoms with Crippen molar-refractivity contribution in [2.45, 2.75) is 17.2 Å². The number of anilines is 1. The molecular weight excluding hydrogens is 430 g/mol. The predicted octanol–water partition coefficient (Wildman–Crippen LogP) is 3.89. The lowest BCUT2D eigenvalue weighted by Crippen LogP contribution is -2.31. The highest BCUT2D eigenvalue weighted by molar-refractivity contribution is 7.98.